The predicted molar refractivity (Wildman–Crippen MR) is 64.0 cm³/mol. The minimum atomic E-state index is -1.22. The van der Waals surface area contributed by atoms with Gasteiger partial charge in [-0.2, -0.15) is 0 Å². The molecule has 1 amide bonds. The third kappa shape index (κ3) is 5.17. The molecule has 0 saturated carbocycles. The molecule has 0 aromatic carbocycles. The van der Waals surface area contributed by atoms with Gasteiger partial charge < -0.3 is 10.4 Å². The maximum absolute atomic E-state index is 11.7. The summed E-state index contributed by atoms with van der Waals surface area (Å²) in [4.78, 5) is 33.8. The van der Waals surface area contributed by atoms with Crippen molar-refractivity contribution in [3.05, 3.63) is 0 Å². The highest BCUT2D eigenvalue weighted by molar-refractivity contribution is 6.19. The maximum atomic E-state index is 11.7. The fraction of sp³-hybridized carbons (Fsp3) is 0.727. The molecule has 0 saturated heterocycles. The zero-order chi connectivity index (χ0) is 13.6. The molecule has 1 atom stereocenters. The number of carbonyl (C=O) groups is 3. The van der Waals surface area contributed by atoms with Crippen LogP contribution in [0.2, 0.25) is 0 Å². The summed E-state index contributed by atoms with van der Waals surface area (Å²) in [5, 5.41) is 11.2. The van der Waals surface area contributed by atoms with Crippen molar-refractivity contribution in [1.82, 2.24) is 5.32 Å². The molecule has 98 valence electrons. The molecule has 0 heterocycles. The van der Waals surface area contributed by atoms with Crippen LogP contribution in [-0.4, -0.2) is 34.7 Å². The second-order valence-corrected chi connectivity index (χ2v) is 4.75. The topological polar surface area (TPSA) is 83.5 Å². The van der Waals surface area contributed by atoms with Gasteiger partial charge in [0.05, 0.1) is 5.41 Å². The van der Waals surface area contributed by atoms with Gasteiger partial charge in [0.1, 0.15) is 11.8 Å². The number of halogens is 1. The monoisotopic (exact) mass is 263 g/mol. The van der Waals surface area contributed by atoms with Crippen molar-refractivity contribution in [2.75, 3.05) is 5.88 Å². The van der Waals surface area contributed by atoms with Crippen LogP contribution in [0.15, 0.2) is 0 Å². The Morgan fingerprint density at radius 2 is 1.88 bits per heavy atom. The number of hydrogen-bond donors (Lipinski definition) is 2. The number of amides is 1. The number of ketones is 1. The quantitative estimate of drug-likeness (QED) is 0.676. The smallest absolute Gasteiger partial charge is 0.326 e. The highest BCUT2D eigenvalue weighted by atomic mass is 35.5. The molecule has 0 aromatic rings. The second-order valence-electron chi connectivity index (χ2n) is 4.48. The number of carboxylic acids is 1. The van der Waals surface area contributed by atoms with Gasteiger partial charge in [-0.15, -0.1) is 11.6 Å². The molecule has 17 heavy (non-hydrogen) atoms. The predicted octanol–water partition coefficient (Wildman–Crippen LogP) is 1.19. The van der Waals surface area contributed by atoms with Gasteiger partial charge >= 0.3 is 5.97 Å². The van der Waals surface area contributed by atoms with Gasteiger partial charge in [0.25, 0.3) is 0 Å². The van der Waals surface area contributed by atoms with E-state index in [4.69, 9.17) is 16.7 Å². The normalized spacial score (nSPS) is 12.9. The summed E-state index contributed by atoms with van der Waals surface area (Å²) in [6.07, 6.45) is 0.0501. The SMILES string of the molecule is CCC(=O)CC(NC(=O)C(C)(C)CCl)C(=O)O. The van der Waals surface area contributed by atoms with Crippen molar-refractivity contribution in [1.29, 1.82) is 0 Å². The van der Waals surface area contributed by atoms with Crippen LogP contribution in [0.25, 0.3) is 0 Å². The molecule has 0 fully saturated rings. The van der Waals surface area contributed by atoms with Crippen LogP contribution in [0.5, 0.6) is 0 Å². The van der Waals surface area contributed by atoms with E-state index in [0.717, 1.165) is 0 Å². The van der Waals surface area contributed by atoms with E-state index < -0.39 is 23.3 Å². The Morgan fingerprint density at radius 3 is 2.24 bits per heavy atom. The summed E-state index contributed by atoms with van der Waals surface area (Å²) in [6, 6.07) is -1.18. The van der Waals surface area contributed by atoms with Gasteiger partial charge in [-0.25, -0.2) is 4.79 Å². The number of hydrogen-bond acceptors (Lipinski definition) is 3. The Labute approximate surface area is 106 Å². The number of nitrogens with one attached hydrogen (secondary N) is 1. The summed E-state index contributed by atoms with van der Waals surface area (Å²) in [7, 11) is 0. The highest BCUT2D eigenvalue weighted by Crippen LogP contribution is 2.17. The number of carboxylic acid groups (broad SMARTS) is 1. The largest absolute Gasteiger partial charge is 0.480 e. The van der Waals surface area contributed by atoms with Gasteiger partial charge in [0.2, 0.25) is 5.91 Å². The van der Waals surface area contributed by atoms with E-state index in [2.05, 4.69) is 5.32 Å². The minimum Gasteiger partial charge on any atom is -0.480 e. The van der Waals surface area contributed by atoms with E-state index in [-0.39, 0.29) is 24.5 Å². The van der Waals surface area contributed by atoms with E-state index in [0.29, 0.717) is 0 Å². The van der Waals surface area contributed by atoms with Gasteiger partial charge in [-0.3, -0.25) is 9.59 Å². The zero-order valence-electron chi connectivity index (χ0n) is 10.2. The lowest BCUT2D eigenvalue weighted by Crippen LogP contribution is -2.48. The Kier molecular flexibility index (Phi) is 6.16. The molecule has 0 bridgehead atoms. The van der Waals surface area contributed by atoms with E-state index in [1.165, 1.54) is 0 Å². The van der Waals surface area contributed by atoms with Crippen LogP contribution in [0.3, 0.4) is 0 Å². The molecule has 0 aliphatic heterocycles. The first-order valence-electron chi connectivity index (χ1n) is 5.36. The van der Waals surface area contributed by atoms with Gasteiger partial charge in [-0.05, 0) is 13.8 Å². The molecular formula is C11H18ClNO4. The average Bonchev–Trinajstić information content (AvgIpc) is 2.27. The van der Waals surface area contributed by atoms with Crippen molar-refractivity contribution in [2.24, 2.45) is 5.41 Å². The van der Waals surface area contributed by atoms with Gasteiger partial charge in [0, 0.05) is 18.7 Å². The Balaban J connectivity index is 4.62. The standard InChI is InChI=1S/C11H18ClNO4/c1-4-7(14)5-8(9(15)16)13-10(17)11(2,3)6-12/h8H,4-6H2,1-3H3,(H,13,17)(H,15,16). The Morgan fingerprint density at radius 1 is 1.35 bits per heavy atom. The van der Waals surface area contributed by atoms with Crippen molar-refractivity contribution in [3.8, 4) is 0 Å². The van der Waals surface area contributed by atoms with Gasteiger partial charge in [0.15, 0.2) is 0 Å². The van der Waals surface area contributed by atoms with Crippen molar-refractivity contribution < 1.29 is 19.5 Å². The average molecular weight is 264 g/mol. The number of alkyl halides is 1. The van der Waals surface area contributed by atoms with E-state index in [9.17, 15) is 14.4 Å². The zero-order valence-corrected chi connectivity index (χ0v) is 11.0. The van der Waals surface area contributed by atoms with E-state index >= 15 is 0 Å². The number of Topliss-reactive ketones (excluding diaryl/α,β-unsaturated/α-hetero) is 1. The van der Waals surface area contributed by atoms with Crippen LogP contribution in [0.4, 0.5) is 0 Å². The van der Waals surface area contributed by atoms with E-state index in [1.54, 1.807) is 20.8 Å². The first kappa shape index (κ1) is 15.9. The third-order valence-corrected chi connectivity index (χ3v) is 3.05. The summed E-state index contributed by atoms with van der Waals surface area (Å²) in [5.41, 5.74) is -0.857. The first-order valence-corrected chi connectivity index (χ1v) is 5.89. The lowest BCUT2D eigenvalue weighted by Gasteiger charge is -2.23. The summed E-state index contributed by atoms with van der Waals surface area (Å²) >= 11 is 5.61. The molecule has 1 unspecified atom stereocenters. The van der Waals surface area contributed by atoms with Gasteiger partial charge in [-0.1, -0.05) is 6.92 Å². The summed E-state index contributed by atoms with van der Waals surface area (Å²) in [6.45, 7) is 4.86. The van der Waals surface area contributed by atoms with Crippen LogP contribution in [-0.2, 0) is 14.4 Å². The molecule has 0 aromatic heterocycles. The minimum absolute atomic E-state index is 0.0763. The van der Waals surface area contributed by atoms with Crippen molar-refractivity contribution >= 4 is 29.3 Å². The molecule has 0 rings (SSSR count). The molecular weight excluding hydrogens is 246 g/mol. The number of rotatable bonds is 7. The molecule has 0 aliphatic carbocycles. The maximum Gasteiger partial charge on any atom is 0.326 e. The molecule has 0 aliphatic rings. The number of aliphatic carboxylic acids is 1. The fourth-order valence-corrected chi connectivity index (χ4v) is 1.11. The lowest BCUT2D eigenvalue weighted by atomic mass is 9.94. The number of carbonyl (C=O) groups excluding carboxylic acids is 2. The second kappa shape index (κ2) is 6.59. The molecule has 2 N–H and O–H groups in total. The third-order valence-electron chi connectivity index (χ3n) is 2.38. The molecule has 6 heteroatoms. The molecule has 0 radical (unpaired) electrons. The first-order chi connectivity index (χ1) is 7.74. The summed E-state index contributed by atoms with van der Waals surface area (Å²) < 4.78 is 0. The van der Waals surface area contributed by atoms with Crippen molar-refractivity contribution in [2.45, 2.75) is 39.7 Å². The highest BCUT2D eigenvalue weighted by Gasteiger charge is 2.31. The van der Waals surface area contributed by atoms with Crippen LogP contribution < -0.4 is 5.32 Å². The van der Waals surface area contributed by atoms with E-state index in [1.807, 2.05) is 0 Å². The summed E-state index contributed by atoms with van der Waals surface area (Å²) in [5.74, 6) is -1.82. The van der Waals surface area contributed by atoms with Crippen LogP contribution in [0, 0.1) is 5.41 Å². The molecule has 0 spiro atoms. The Bertz CT molecular complexity index is 315. The van der Waals surface area contributed by atoms with Crippen molar-refractivity contribution in [3.63, 3.8) is 0 Å². The van der Waals surface area contributed by atoms with Crippen LogP contribution in [0.1, 0.15) is 33.6 Å². The molecule has 5 nitrogen and oxygen atoms in total. The lowest BCUT2D eigenvalue weighted by molar-refractivity contribution is -0.144. The van der Waals surface area contributed by atoms with Crippen LogP contribution >= 0.6 is 11.6 Å². The fourth-order valence-electron chi connectivity index (χ4n) is 0.986. The Hall–Kier alpha value is -1.10.